The highest BCUT2D eigenvalue weighted by Gasteiger charge is 2.18. The first kappa shape index (κ1) is 20.1. The van der Waals surface area contributed by atoms with E-state index in [4.69, 9.17) is 17.3 Å². The number of nitrogens with one attached hydrogen (secondary N) is 2. The highest BCUT2D eigenvalue weighted by molar-refractivity contribution is 7.18. The molecule has 0 saturated carbocycles. The van der Waals surface area contributed by atoms with Gasteiger partial charge in [0.05, 0.1) is 21.5 Å². The predicted octanol–water partition coefficient (Wildman–Crippen LogP) is 5.17. The smallest absolute Gasteiger partial charge is 0.258 e. The number of nitrogens with two attached hydrogens (primary N) is 1. The van der Waals surface area contributed by atoms with Crippen LogP contribution in [0.2, 0.25) is 5.15 Å². The van der Waals surface area contributed by atoms with Gasteiger partial charge < -0.3 is 16.4 Å². The molecule has 8 nitrogen and oxygen atoms in total. The molecule has 0 atom stereocenters. The predicted molar refractivity (Wildman–Crippen MR) is 129 cm³/mol. The summed E-state index contributed by atoms with van der Waals surface area (Å²) in [5.74, 6) is 0.734. The molecule has 158 valence electrons. The monoisotopic (exact) mass is 461 g/mol. The number of anilines is 4. The maximum atomic E-state index is 13.2. The average Bonchev–Trinajstić information content (AvgIpc) is 3.22. The Balaban J connectivity index is 1.54. The van der Waals surface area contributed by atoms with Gasteiger partial charge in [0.2, 0.25) is 0 Å². The molecule has 0 aliphatic carbocycles. The summed E-state index contributed by atoms with van der Waals surface area (Å²) in [5, 5.41) is 10.1. The van der Waals surface area contributed by atoms with Gasteiger partial charge in [0.1, 0.15) is 23.1 Å². The van der Waals surface area contributed by atoms with Crippen LogP contribution in [0.3, 0.4) is 0 Å². The Labute approximate surface area is 191 Å². The van der Waals surface area contributed by atoms with Crippen LogP contribution >= 0.6 is 22.9 Å². The molecule has 0 saturated heterocycles. The van der Waals surface area contributed by atoms with Crippen molar-refractivity contribution >= 4 is 72.8 Å². The summed E-state index contributed by atoms with van der Waals surface area (Å²) in [6.45, 7) is 1.94. The molecule has 0 aliphatic rings. The molecule has 0 radical (unpaired) electrons. The van der Waals surface area contributed by atoms with Crippen molar-refractivity contribution < 1.29 is 4.79 Å². The number of thiophene rings is 1. The number of carbonyl (C=O) groups is 1. The SMILES string of the molecule is Cc1ccc2c(Nc3ccnc(Cl)c3)nccc2c1NC(=O)c1csc2c(N)ncnc12. The van der Waals surface area contributed by atoms with Crippen LogP contribution in [0.5, 0.6) is 0 Å². The Bertz CT molecular complexity index is 1500. The number of pyridine rings is 2. The summed E-state index contributed by atoms with van der Waals surface area (Å²) in [7, 11) is 0. The zero-order chi connectivity index (χ0) is 22.2. The summed E-state index contributed by atoms with van der Waals surface area (Å²) >= 11 is 7.34. The van der Waals surface area contributed by atoms with Crippen LogP contribution in [0.25, 0.3) is 21.0 Å². The summed E-state index contributed by atoms with van der Waals surface area (Å²) in [6, 6.07) is 9.30. The number of hydrogen-bond acceptors (Lipinski definition) is 8. The normalized spacial score (nSPS) is 11.1. The van der Waals surface area contributed by atoms with Crippen molar-refractivity contribution in [1.82, 2.24) is 19.9 Å². The lowest BCUT2D eigenvalue weighted by Crippen LogP contribution is -2.13. The number of amides is 1. The second-order valence-electron chi connectivity index (χ2n) is 7.04. The lowest BCUT2D eigenvalue weighted by molar-refractivity contribution is 0.102. The number of carbonyl (C=O) groups excluding carboxylic acids is 1. The summed E-state index contributed by atoms with van der Waals surface area (Å²) < 4.78 is 0.694. The van der Waals surface area contributed by atoms with Crippen molar-refractivity contribution in [2.45, 2.75) is 6.92 Å². The molecule has 1 amide bonds. The van der Waals surface area contributed by atoms with Gasteiger partial charge in [0, 0.05) is 34.2 Å². The first-order valence-corrected chi connectivity index (χ1v) is 10.8. The minimum Gasteiger partial charge on any atom is -0.382 e. The molecule has 32 heavy (non-hydrogen) atoms. The van der Waals surface area contributed by atoms with Crippen LogP contribution in [-0.2, 0) is 0 Å². The van der Waals surface area contributed by atoms with Gasteiger partial charge in [-0.3, -0.25) is 4.79 Å². The number of nitrogen functional groups attached to an aromatic ring is 1. The van der Waals surface area contributed by atoms with Gasteiger partial charge in [0.25, 0.3) is 5.91 Å². The molecule has 5 rings (SSSR count). The maximum absolute atomic E-state index is 13.2. The first-order chi connectivity index (χ1) is 15.5. The fraction of sp³-hybridized carbons (Fsp3) is 0.0455. The topological polar surface area (TPSA) is 119 Å². The second-order valence-corrected chi connectivity index (χ2v) is 8.31. The lowest BCUT2D eigenvalue weighted by Gasteiger charge is -2.14. The molecule has 1 aromatic carbocycles. The molecule has 10 heteroatoms. The number of hydrogen-bond donors (Lipinski definition) is 3. The molecule has 0 aliphatic heterocycles. The third-order valence-corrected chi connectivity index (χ3v) is 6.21. The Morgan fingerprint density at radius 1 is 1.06 bits per heavy atom. The van der Waals surface area contributed by atoms with Crippen molar-refractivity contribution in [1.29, 1.82) is 0 Å². The minimum absolute atomic E-state index is 0.266. The van der Waals surface area contributed by atoms with Gasteiger partial charge in [-0.1, -0.05) is 23.7 Å². The van der Waals surface area contributed by atoms with Crippen LogP contribution in [0.4, 0.5) is 23.0 Å². The third kappa shape index (κ3) is 3.57. The number of nitrogens with zero attached hydrogens (tertiary/aromatic N) is 4. The standard InChI is InChI=1S/C22H16ClN7OS/c1-11-2-3-14-13(5-7-26-21(14)29-12-4-6-25-16(23)8-12)17(11)30-22(31)15-9-32-19-18(15)27-10-28-20(19)24/h2-10H,1H3,(H,30,31)(H2,24,27,28)(H,25,26,29). The number of aryl methyl sites for hydroxylation is 1. The van der Waals surface area contributed by atoms with Crippen molar-refractivity contribution in [3.8, 4) is 0 Å². The van der Waals surface area contributed by atoms with Gasteiger partial charge >= 0.3 is 0 Å². The van der Waals surface area contributed by atoms with Gasteiger partial charge in [-0.15, -0.1) is 11.3 Å². The zero-order valence-corrected chi connectivity index (χ0v) is 18.3. The van der Waals surface area contributed by atoms with Crippen LogP contribution in [-0.4, -0.2) is 25.8 Å². The van der Waals surface area contributed by atoms with Gasteiger partial charge in [-0.25, -0.2) is 19.9 Å². The third-order valence-electron chi connectivity index (χ3n) is 5.01. The van der Waals surface area contributed by atoms with E-state index in [0.29, 0.717) is 38.3 Å². The van der Waals surface area contributed by atoms with Gasteiger partial charge in [0.15, 0.2) is 0 Å². The Morgan fingerprint density at radius 2 is 1.91 bits per heavy atom. The first-order valence-electron chi connectivity index (χ1n) is 9.57. The van der Waals surface area contributed by atoms with E-state index < -0.39 is 0 Å². The summed E-state index contributed by atoms with van der Waals surface area (Å²) in [6.07, 6.45) is 4.67. The van der Waals surface area contributed by atoms with Crippen molar-refractivity contribution in [3.05, 3.63) is 70.7 Å². The molecule has 4 heterocycles. The molecular weight excluding hydrogens is 446 g/mol. The van der Waals surface area contributed by atoms with Crippen molar-refractivity contribution in [2.75, 3.05) is 16.4 Å². The Kier molecular flexibility index (Phi) is 5.04. The van der Waals surface area contributed by atoms with Crippen LogP contribution in [0.1, 0.15) is 15.9 Å². The molecular formula is C22H16ClN7OS. The average molecular weight is 462 g/mol. The highest BCUT2D eigenvalue weighted by atomic mass is 35.5. The van der Waals surface area contributed by atoms with E-state index in [1.54, 1.807) is 29.9 Å². The molecule has 0 spiro atoms. The van der Waals surface area contributed by atoms with E-state index in [1.165, 1.54) is 17.7 Å². The molecule has 5 aromatic rings. The van der Waals surface area contributed by atoms with Gasteiger partial charge in [-0.2, -0.15) is 0 Å². The van der Waals surface area contributed by atoms with E-state index in [1.807, 2.05) is 25.1 Å². The summed E-state index contributed by atoms with van der Waals surface area (Å²) in [4.78, 5) is 29.8. The van der Waals surface area contributed by atoms with Crippen LogP contribution in [0.15, 0.2) is 54.4 Å². The Hall–Kier alpha value is -3.82. The molecule has 0 fully saturated rings. The van der Waals surface area contributed by atoms with Crippen LogP contribution in [0, 0.1) is 6.92 Å². The highest BCUT2D eigenvalue weighted by Crippen LogP contribution is 2.34. The maximum Gasteiger partial charge on any atom is 0.258 e. The number of halogens is 1. The van der Waals surface area contributed by atoms with E-state index >= 15 is 0 Å². The fourth-order valence-electron chi connectivity index (χ4n) is 3.46. The van der Waals surface area contributed by atoms with E-state index in [0.717, 1.165) is 22.0 Å². The van der Waals surface area contributed by atoms with E-state index in [9.17, 15) is 4.79 Å². The molecule has 4 N–H and O–H groups in total. The Morgan fingerprint density at radius 3 is 2.75 bits per heavy atom. The van der Waals surface area contributed by atoms with E-state index in [-0.39, 0.29) is 5.91 Å². The number of benzene rings is 1. The quantitative estimate of drug-likeness (QED) is 0.316. The molecule has 4 aromatic heterocycles. The molecule has 0 bridgehead atoms. The summed E-state index contributed by atoms with van der Waals surface area (Å²) in [5.41, 5.74) is 9.29. The number of aromatic nitrogens is 4. The zero-order valence-electron chi connectivity index (χ0n) is 16.8. The van der Waals surface area contributed by atoms with Crippen molar-refractivity contribution in [3.63, 3.8) is 0 Å². The lowest BCUT2D eigenvalue weighted by atomic mass is 10.1. The number of rotatable bonds is 4. The minimum atomic E-state index is -0.266. The molecule has 0 unspecified atom stereocenters. The second kappa shape index (κ2) is 8.03. The van der Waals surface area contributed by atoms with Crippen molar-refractivity contribution in [2.24, 2.45) is 0 Å². The van der Waals surface area contributed by atoms with E-state index in [2.05, 4.69) is 30.6 Å². The van der Waals surface area contributed by atoms with Crippen LogP contribution < -0.4 is 16.4 Å². The van der Waals surface area contributed by atoms with Gasteiger partial charge in [-0.05, 0) is 30.7 Å². The largest absolute Gasteiger partial charge is 0.382 e. The fourth-order valence-corrected chi connectivity index (χ4v) is 4.53. The number of fused-ring (bicyclic) bond motifs is 2.